The first-order chi connectivity index (χ1) is 16.0. The van der Waals surface area contributed by atoms with Crippen LogP contribution in [0.3, 0.4) is 0 Å². The third-order valence-electron chi connectivity index (χ3n) is 5.82. The number of carboxylic acid groups (broad SMARTS) is 1. The van der Waals surface area contributed by atoms with Crippen molar-refractivity contribution in [2.75, 3.05) is 20.8 Å². The third kappa shape index (κ3) is 4.48. The molecule has 170 valence electrons. The third-order valence-corrected chi connectivity index (χ3v) is 5.82. The van der Waals surface area contributed by atoms with Gasteiger partial charge in [0.15, 0.2) is 11.5 Å². The quantitative estimate of drug-likeness (QED) is 0.570. The van der Waals surface area contributed by atoms with Crippen LogP contribution in [0.15, 0.2) is 66.7 Å². The summed E-state index contributed by atoms with van der Waals surface area (Å²) in [5.41, 5.74) is 4.88. The maximum atomic E-state index is 12.7. The Labute approximate surface area is 191 Å². The summed E-state index contributed by atoms with van der Waals surface area (Å²) >= 11 is 0. The fourth-order valence-corrected chi connectivity index (χ4v) is 4.37. The minimum absolute atomic E-state index is 0.103. The topological polar surface area (TPSA) is 96.9 Å². The monoisotopic (exact) mass is 446 g/mol. The fourth-order valence-electron chi connectivity index (χ4n) is 4.37. The van der Waals surface area contributed by atoms with Crippen LogP contribution >= 0.6 is 0 Å². The number of nitrogens with one attached hydrogen (secondary N) is 1. The standard InChI is InChI=1S/C26H25NO6/c1-31-23-13-7-12-20(25(23)32-2)22(14-24(28)29)27-26(30)33-15-21-18-10-5-3-8-16(18)17-9-4-6-11-19(17)21/h3-13,21-22H,14-15H2,1-2H3,(H,27,30)(H,28,29)/p-1/t22-/m1/s1. The molecule has 0 saturated heterocycles. The minimum atomic E-state index is -1.32. The van der Waals surface area contributed by atoms with E-state index in [2.05, 4.69) is 17.4 Å². The average molecular weight is 446 g/mol. The number of para-hydroxylation sites is 1. The lowest BCUT2D eigenvalue weighted by atomic mass is 9.98. The van der Waals surface area contributed by atoms with Gasteiger partial charge in [-0.25, -0.2) is 4.79 Å². The van der Waals surface area contributed by atoms with Gasteiger partial charge in [0.2, 0.25) is 0 Å². The van der Waals surface area contributed by atoms with Crippen molar-refractivity contribution in [1.29, 1.82) is 0 Å². The van der Waals surface area contributed by atoms with Crippen molar-refractivity contribution in [3.8, 4) is 22.6 Å². The molecular formula is C26H24NO6-. The molecule has 0 fully saturated rings. The van der Waals surface area contributed by atoms with E-state index in [1.165, 1.54) is 14.2 Å². The molecular weight excluding hydrogens is 422 g/mol. The zero-order chi connectivity index (χ0) is 23.4. The van der Waals surface area contributed by atoms with Crippen LogP contribution in [0.2, 0.25) is 0 Å². The van der Waals surface area contributed by atoms with E-state index in [0.29, 0.717) is 17.1 Å². The lowest BCUT2D eigenvalue weighted by Crippen LogP contribution is -2.35. The van der Waals surface area contributed by atoms with Crippen molar-refractivity contribution in [1.82, 2.24) is 5.32 Å². The van der Waals surface area contributed by atoms with Gasteiger partial charge in [0.05, 0.1) is 20.3 Å². The first-order valence-corrected chi connectivity index (χ1v) is 10.6. The maximum Gasteiger partial charge on any atom is 0.407 e. The predicted octanol–water partition coefficient (Wildman–Crippen LogP) is 3.42. The second kappa shape index (κ2) is 9.65. The Kier molecular flexibility index (Phi) is 6.49. The number of benzene rings is 3. The number of ether oxygens (including phenoxy) is 3. The summed E-state index contributed by atoms with van der Waals surface area (Å²) in [5.74, 6) is -0.657. The van der Waals surface area contributed by atoms with Gasteiger partial charge in [0, 0.05) is 23.9 Å². The molecule has 0 aliphatic heterocycles. The first kappa shape index (κ1) is 22.2. The van der Waals surface area contributed by atoms with E-state index in [4.69, 9.17) is 14.2 Å². The molecule has 1 aliphatic rings. The van der Waals surface area contributed by atoms with Crippen molar-refractivity contribution in [3.05, 3.63) is 83.4 Å². The number of methoxy groups -OCH3 is 2. The molecule has 0 unspecified atom stereocenters. The second-order valence-corrected chi connectivity index (χ2v) is 7.68. The van der Waals surface area contributed by atoms with Gasteiger partial charge in [-0.2, -0.15) is 0 Å². The van der Waals surface area contributed by atoms with Crippen LogP contribution in [0.1, 0.15) is 35.1 Å². The van der Waals surface area contributed by atoms with E-state index in [1.54, 1.807) is 18.2 Å². The summed E-state index contributed by atoms with van der Waals surface area (Å²) in [4.78, 5) is 24.1. The highest BCUT2D eigenvalue weighted by atomic mass is 16.5. The van der Waals surface area contributed by atoms with Gasteiger partial charge in [0.1, 0.15) is 6.61 Å². The van der Waals surface area contributed by atoms with Crippen LogP contribution in [0.5, 0.6) is 11.5 Å². The maximum absolute atomic E-state index is 12.7. The highest BCUT2D eigenvalue weighted by molar-refractivity contribution is 5.79. The molecule has 1 N–H and O–H groups in total. The van der Waals surface area contributed by atoms with Crippen LogP contribution in [0.4, 0.5) is 4.79 Å². The van der Waals surface area contributed by atoms with E-state index in [1.807, 2.05) is 36.4 Å². The molecule has 3 aromatic rings. The summed E-state index contributed by atoms with van der Waals surface area (Å²) in [6.45, 7) is 0.118. The Balaban J connectivity index is 1.52. The highest BCUT2D eigenvalue weighted by Gasteiger charge is 2.29. The molecule has 1 atom stereocenters. The van der Waals surface area contributed by atoms with Gasteiger partial charge in [-0.1, -0.05) is 60.7 Å². The van der Waals surface area contributed by atoms with Crippen molar-refractivity contribution in [2.45, 2.75) is 18.4 Å². The molecule has 0 bridgehead atoms. The predicted molar refractivity (Wildman–Crippen MR) is 120 cm³/mol. The molecule has 0 aromatic heterocycles. The number of hydrogen-bond acceptors (Lipinski definition) is 6. The van der Waals surface area contributed by atoms with Crippen LogP contribution in [-0.2, 0) is 9.53 Å². The van der Waals surface area contributed by atoms with Gasteiger partial charge < -0.3 is 29.4 Å². The van der Waals surface area contributed by atoms with Crippen molar-refractivity contribution in [3.63, 3.8) is 0 Å². The molecule has 0 radical (unpaired) electrons. The Morgan fingerprint density at radius 2 is 1.55 bits per heavy atom. The SMILES string of the molecule is COc1cccc([C@@H](CC(=O)[O-])NC(=O)OCC2c3ccccc3-c3ccccc32)c1OC. The number of rotatable bonds is 8. The number of fused-ring (bicyclic) bond motifs is 3. The van der Waals surface area contributed by atoms with Crippen molar-refractivity contribution < 1.29 is 28.9 Å². The number of amides is 1. The lowest BCUT2D eigenvalue weighted by molar-refractivity contribution is -0.306. The molecule has 3 aromatic carbocycles. The smallest absolute Gasteiger partial charge is 0.407 e. The zero-order valence-corrected chi connectivity index (χ0v) is 18.4. The number of carbonyl (C=O) groups is 2. The normalized spacial score (nSPS) is 12.9. The highest BCUT2D eigenvalue weighted by Crippen LogP contribution is 2.44. The van der Waals surface area contributed by atoms with Gasteiger partial charge in [-0.15, -0.1) is 0 Å². The Morgan fingerprint density at radius 3 is 2.12 bits per heavy atom. The molecule has 7 nitrogen and oxygen atoms in total. The van der Waals surface area contributed by atoms with Gasteiger partial charge in [-0.05, 0) is 28.3 Å². The van der Waals surface area contributed by atoms with Crippen LogP contribution in [0, 0.1) is 0 Å². The molecule has 0 spiro atoms. The summed E-state index contributed by atoms with van der Waals surface area (Å²) < 4.78 is 16.3. The summed E-state index contributed by atoms with van der Waals surface area (Å²) in [7, 11) is 2.93. The van der Waals surface area contributed by atoms with E-state index >= 15 is 0 Å². The summed E-state index contributed by atoms with van der Waals surface area (Å²) in [5, 5.41) is 14.0. The van der Waals surface area contributed by atoms with Gasteiger partial charge >= 0.3 is 6.09 Å². The van der Waals surface area contributed by atoms with E-state index < -0.39 is 24.5 Å². The fraction of sp³-hybridized carbons (Fsp3) is 0.231. The minimum Gasteiger partial charge on any atom is -0.550 e. The summed E-state index contributed by atoms with van der Waals surface area (Å²) in [6, 6.07) is 20.2. The van der Waals surface area contributed by atoms with Crippen LogP contribution < -0.4 is 19.9 Å². The second-order valence-electron chi connectivity index (χ2n) is 7.68. The van der Waals surface area contributed by atoms with E-state index in [-0.39, 0.29) is 12.5 Å². The van der Waals surface area contributed by atoms with E-state index in [9.17, 15) is 14.7 Å². The number of carboxylic acids is 1. The molecule has 7 heteroatoms. The first-order valence-electron chi connectivity index (χ1n) is 10.6. The van der Waals surface area contributed by atoms with Crippen molar-refractivity contribution in [2.24, 2.45) is 0 Å². The molecule has 4 rings (SSSR count). The van der Waals surface area contributed by atoms with Crippen LogP contribution in [-0.4, -0.2) is 32.9 Å². The molecule has 33 heavy (non-hydrogen) atoms. The average Bonchev–Trinajstić information content (AvgIpc) is 3.15. The Morgan fingerprint density at radius 1 is 0.909 bits per heavy atom. The number of alkyl carbamates (subject to hydrolysis) is 1. The van der Waals surface area contributed by atoms with E-state index in [0.717, 1.165) is 22.3 Å². The molecule has 0 heterocycles. The lowest BCUT2D eigenvalue weighted by Gasteiger charge is -2.23. The molecule has 1 amide bonds. The Hall–Kier alpha value is -4.00. The number of aliphatic carboxylic acids is 1. The van der Waals surface area contributed by atoms with Gasteiger partial charge in [0.25, 0.3) is 0 Å². The Bertz CT molecular complexity index is 1130. The zero-order valence-electron chi connectivity index (χ0n) is 18.4. The van der Waals surface area contributed by atoms with Crippen LogP contribution in [0.25, 0.3) is 11.1 Å². The molecule has 1 aliphatic carbocycles. The largest absolute Gasteiger partial charge is 0.550 e. The van der Waals surface area contributed by atoms with Gasteiger partial charge in [-0.3, -0.25) is 0 Å². The molecule has 0 saturated carbocycles. The van der Waals surface area contributed by atoms with Crippen molar-refractivity contribution >= 4 is 12.1 Å². The number of carbonyl (C=O) groups excluding carboxylic acids is 2. The summed E-state index contributed by atoms with van der Waals surface area (Å²) in [6.07, 6.45) is -1.18. The number of hydrogen-bond donors (Lipinski definition) is 1.